The number of hydrogen-bond acceptors (Lipinski definition) is 5. The first-order valence-electron chi connectivity index (χ1n) is 7.43. The van der Waals surface area contributed by atoms with Crippen molar-refractivity contribution in [1.82, 2.24) is 9.62 Å². The molecule has 0 unspecified atom stereocenters. The van der Waals surface area contributed by atoms with E-state index in [0.717, 1.165) is 19.4 Å². The summed E-state index contributed by atoms with van der Waals surface area (Å²) in [7, 11) is -3.49. The van der Waals surface area contributed by atoms with Crippen LogP contribution in [0.25, 0.3) is 0 Å². The molecular weight excluding hydrogens is 352 g/mol. The van der Waals surface area contributed by atoms with Crippen molar-refractivity contribution in [2.45, 2.75) is 29.5 Å². The zero-order chi connectivity index (χ0) is 16.3. The molecule has 0 bridgehead atoms. The van der Waals surface area contributed by atoms with Gasteiger partial charge in [0.25, 0.3) is 0 Å². The van der Waals surface area contributed by atoms with E-state index in [9.17, 15) is 13.2 Å². The summed E-state index contributed by atoms with van der Waals surface area (Å²) in [6.45, 7) is 0.878. The highest BCUT2D eigenvalue weighted by molar-refractivity contribution is 7.91. The number of amides is 1. The molecule has 0 spiro atoms. The molecule has 0 aliphatic carbocycles. The number of carbonyl (C=O) groups is 1. The van der Waals surface area contributed by atoms with Gasteiger partial charge in [-0.05, 0) is 46.7 Å². The Morgan fingerprint density at radius 1 is 1.35 bits per heavy atom. The van der Waals surface area contributed by atoms with E-state index in [2.05, 4.69) is 16.2 Å². The molecule has 2 aromatic heterocycles. The third kappa shape index (κ3) is 3.82. The van der Waals surface area contributed by atoms with E-state index in [0.29, 0.717) is 0 Å². The summed E-state index contributed by atoms with van der Waals surface area (Å²) in [5.41, 5.74) is 1.18. The minimum absolute atomic E-state index is 0.00702. The molecule has 0 radical (unpaired) electrons. The van der Waals surface area contributed by atoms with Crippen LogP contribution in [-0.2, 0) is 14.8 Å². The lowest BCUT2D eigenvalue weighted by molar-refractivity contribution is -0.131. The maximum Gasteiger partial charge on any atom is 0.250 e. The van der Waals surface area contributed by atoms with Gasteiger partial charge in [0.15, 0.2) is 0 Å². The van der Waals surface area contributed by atoms with Crippen LogP contribution in [0.15, 0.2) is 38.5 Å². The fraction of sp³-hybridized carbons (Fsp3) is 0.400. The van der Waals surface area contributed by atoms with Crippen molar-refractivity contribution in [2.24, 2.45) is 0 Å². The first kappa shape index (κ1) is 16.6. The van der Waals surface area contributed by atoms with Crippen LogP contribution < -0.4 is 4.72 Å². The molecule has 5 nitrogen and oxygen atoms in total. The molecule has 23 heavy (non-hydrogen) atoms. The number of hydrogen-bond donors (Lipinski definition) is 1. The van der Waals surface area contributed by atoms with Crippen molar-refractivity contribution in [3.05, 3.63) is 39.9 Å². The van der Waals surface area contributed by atoms with E-state index in [1.54, 1.807) is 28.8 Å². The van der Waals surface area contributed by atoms with Crippen LogP contribution in [0.4, 0.5) is 0 Å². The third-order valence-corrected chi connectivity index (χ3v) is 7.45. The quantitative estimate of drug-likeness (QED) is 0.850. The second kappa shape index (κ2) is 7.12. The normalized spacial score (nSPS) is 18.4. The number of sulfonamides is 1. The standard InChI is InChI=1S/C15H18N2O3S3/c18-14(5-7-16-23(19,20)15-4-2-9-22-15)17-8-1-3-13(17)12-6-10-21-11-12/h2,4,6,9-11,13,16H,1,3,5,7-8H2/t13-/m1/s1. The summed E-state index contributed by atoms with van der Waals surface area (Å²) in [6, 6.07) is 5.45. The Bertz CT molecular complexity index is 739. The lowest BCUT2D eigenvalue weighted by Crippen LogP contribution is -2.34. The van der Waals surface area contributed by atoms with E-state index in [1.165, 1.54) is 16.9 Å². The molecule has 1 saturated heterocycles. The summed E-state index contributed by atoms with van der Waals surface area (Å²) in [4.78, 5) is 14.3. The second-order valence-corrected chi connectivity index (χ2v) is 9.10. The van der Waals surface area contributed by atoms with Crippen LogP contribution in [0.5, 0.6) is 0 Å². The van der Waals surface area contributed by atoms with Gasteiger partial charge in [-0.1, -0.05) is 6.07 Å². The highest BCUT2D eigenvalue weighted by atomic mass is 32.2. The van der Waals surface area contributed by atoms with Gasteiger partial charge in [-0.3, -0.25) is 4.79 Å². The Labute approximate surface area is 144 Å². The number of nitrogens with one attached hydrogen (secondary N) is 1. The average molecular weight is 371 g/mol. The molecule has 8 heteroatoms. The molecule has 0 aromatic carbocycles. The topological polar surface area (TPSA) is 66.5 Å². The SMILES string of the molecule is O=C(CCNS(=O)(=O)c1cccs1)N1CCC[C@@H]1c1ccsc1. The maximum atomic E-state index is 12.4. The van der Waals surface area contributed by atoms with Gasteiger partial charge in [-0.25, -0.2) is 13.1 Å². The van der Waals surface area contributed by atoms with E-state index < -0.39 is 10.0 Å². The van der Waals surface area contributed by atoms with Crippen LogP contribution in [0, 0.1) is 0 Å². The van der Waals surface area contributed by atoms with Gasteiger partial charge in [-0.15, -0.1) is 11.3 Å². The van der Waals surface area contributed by atoms with Gasteiger partial charge >= 0.3 is 0 Å². The number of rotatable bonds is 6. The van der Waals surface area contributed by atoms with Crippen LogP contribution in [0.2, 0.25) is 0 Å². The molecule has 2 aromatic rings. The number of thiophene rings is 2. The predicted octanol–water partition coefficient (Wildman–Crippen LogP) is 2.84. The summed E-state index contributed by atoms with van der Waals surface area (Å²) in [6.07, 6.45) is 2.15. The summed E-state index contributed by atoms with van der Waals surface area (Å²) >= 11 is 2.80. The van der Waals surface area contributed by atoms with E-state index >= 15 is 0 Å². The molecule has 3 heterocycles. The third-order valence-electron chi connectivity index (χ3n) is 3.89. The molecule has 1 amide bonds. The number of nitrogens with zero attached hydrogens (tertiary/aromatic N) is 1. The van der Waals surface area contributed by atoms with Gasteiger partial charge in [-0.2, -0.15) is 11.3 Å². The highest BCUT2D eigenvalue weighted by Crippen LogP contribution is 2.33. The van der Waals surface area contributed by atoms with E-state index in [-0.39, 0.29) is 29.1 Å². The van der Waals surface area contributed by atoms with Crippen molar-refractivity contribution in [1.29, 1.82) is 0 Å². The van der Waals surface area contributed by atoms with Crippen molar-refractivity contribution in [3.63, 3.8) is 0 Å². The molecule has 0 saturated carbocycles. The summed E-state index contributed by atoms with van der Waals surface area (Å²) in [5, 5.41) is 5.82. The van der Waals surface area contributed by atoms with Gasteiger partial charge in [0, 0.05) is 19.5 Å². The molecule has 1 fully saturated rings. The van der Waals surface area contributed by atoms with E-state index in [4.69, 9.17) is 0 Å². The smallest absolute Gasteiger partial charge is 0.250 e. The molecule has 124 valence electrons. The second-order valence-electron chi connectivity index (χ2n) is 5.38. The minimum atomic E-state index is -3.49. The van der Waals surface area contributed by atoms with Crippen LogP contribution in [0.1, 0.15) is 30.9 Å². The predicted molar refractivity (Wildman–Crippen MR) is 92.1 cm³/mol. The Morgan fingerprint density at radius 3 is 2.91 bits per heavy atom. The lowest BCUT2D eigenvalue weighted by atomic mass is 10.1. The summed E-state index contributed by atoms with van der Waals surface area (Å²) < 4.78 is 26.8. The number of likely N-dealkylation sites (tertiary alicyclic amines) is 1. The first-order valence-corrected chi connectivity index (χ1v) is 10.7. The Balaban J connectivity index is 1.55. The van der Waals surface area contributed by atoms with Crippen molar-refractivity contribution in [2.75, 3.05) is 13.1 Å². The van der Waals surface area contributed by atoms with Crippen LogP contribution >= 0.6 is 22.7 Å². The lowest BCUT2D eigenvalue weighted by Gasteiger charge is -2.24. The zero-order valence-corrected chi connectivity index (χ0v) is 14.9. The fourth-order valence-electron chi connectivity index (χ4n) is 2.80. The van der Waals surface area contributed by atoms with Gasteiger partial charge in [0.05, 0.1) is 6.04 Å². The maximum absolute atomic E-state index is 12.4. The Morgan fingerprint density at radius 2 is 2.22 bits per heavy atom. The molecule has 1 N–H and O–H groups in total. The highest BCUT2D eigenvalue weighted by Gasteiger charge is 2.29. The minimum Gasteiger partial charge on any atom is -0.336 e. The fourth-order valence-corrected chi connectivity index (χ4v) is 5.58. The van der Waals surface area contributed by atoms with Crippen molar-refractivity contribution in [3.8, 4) is 0 Å². The van der Waals surface area contributed by atoms with Crippen molar-refractivity contribution >= 4 is 38.6 Å². The molecule has 3 rings (SSSR count). The Hall–Kier alpha value is -1.22. The number of carbonyl (C=O) groups excluding carboxylic acids is 1. The zero-order valence-electron chi connectivity index (χ0n) is 12.5. The average Bonchev–Trinajstić information content (AvgIpc) is 3.26. The molecule has 1 aliphatic rings. The van der Waals surface area contributed by atoms with Crippen LogP contribution in [-0.4, -0.2) is 32.3 Å². The van der Waals surface area contributed by atoms with Gasteiger partial charge < -0.3 is 4.90 Å². The van der Waals surface area contributed by atoms with Crippen molar-refractivity contribution < 1.29 is 13.2 Å². The Kier molecular flexibility index (Phi) is 5.15. The summed E-state index contributed by atoms with van der Waals surface area (Å²) in [5.74, 6) is 0.00702. The van der Waals surface area contributed by atoms with Gasteiger partial charge in [0.2, 0.25) is 15.9 Å². The monoisotopic (exact) mass is 370 g/mol. The van der Waals surface area contributed by atoms with Crippen LogP contribution in [0.3, 0.4) is 0 Å². The molecule has 1 aliphatic heterocycles. The van der Waals surface area contributed by atoms with E-state index in [1.807, 2.05) is 10.3 Å². The first-order chi connectivity index (χ1) is 11.1. The molecular formula is C15H18N2O3S3. The van der Waals surface area contributed by atoms with Gasteiger partial charge in [0.1, 0.15) is 4.21 Å². The largest absolute Gasteiger partial charge is 0.336 e. The molecule has 1 atom stereocenters.